The van der Waals surface area contributed by atoms with Crippen LogP contribution in [0.4, 0.5) is 5.69 Å². The van der Waals surface area contributed by atoms with E-state index in [1.807, 2.05) is 35.9 Å². The Bertz CT molecular complexity index is 806. The molecule has 0 unspecified atom stereocenters. The average Bonchev–Trinajstić information content (AvgIpc) is 3.20. The molecular formula is C18H18N2OS2. The zero-order valence-corrected chi connectivity index (χ0v) is 14.8. The molecule has 0 aliphatic heterocycles. The van der Waals surface area contributed by atoms with Gasteiger partial charge in [-0.25, -0.2) is 4.98 Å². The summed E-state index contributed by atoms with van der Waals surface area (Å²) in [5.74, 6) is -0.0174. The van der Waals surface area contributed by atoms with Crippen molar-refractivity contribution in [2.75, 3.05) is 5.32 Å². The minimum atomic E-state index is -0.0174. The van der Waals surface area contributed by atoms with Crippen LogP contribution < -0.4 is 5.32 Å². The number of aromatic nitrogens is 1. The maximum absolute atomic E-state index is 12.4. The predicted molar refractivity (Wildman–Crippen MR) is 98.3 cm³/mol. The van der Waals surface area contributed by atoms with Gasteiger partial charge in [0.25, 0.3) is 0 Å². The Hall–Kier alpha value is -1.98. The lowest BCUT2D eigenvalue weighted by Crippen LogP contribution is -2.16. The normalized spacial score (nSPS) is 10.7. The summed E-state index contributed by atoms with van der Waals surface area (Å²) in [6.45, 7) is 4.12. The van der Waals surface area contributed by atoms with Gasteiger partial charge in [-0.15, -0.1) is 11.3 Å². The molecule has 0 aliphatic rings. The average molecular weight is 342 g/mol. The van der Waals surface area contributed by atoms with Gasteiger partial charge in [0.2, 0.25) is 5.91 Å². The van der Waals surface area contributed by atoms with E-state index in [-0.39, 0.29) is 5.91 Å². The molecule has 1 amide bonds. The quantitative estimate of drug-likeness (QED) is 0.715. The molecule has 0 aliphatic carbocycles. The zero-order valence-electron chi connectivity index (χ0n) is 13.1. The number of hydrogen-bond acceptors (Lipinski definition) is 4. The highest BCUT2D eigenvalue weighted by molar-refractivity contribution is 7.14. The number of rotatable bonds is 5. The monoisotopic (exact) mass is 342 g/mol. The molecule has 0 saturated carbocycles. The SMILES string of the molecule is CCc1cccc(C)c1NC(=O)Cc1csc(-c2ccsc2)n1. The molecule has 23 heavy (non-hydrogen) atoms. The molecule has 118 valence electrons. The molecule has 0 spiro atoms. The fourth-order valence-electron chi connectivity index (χ4n) is 2.46. The summed E-state index contributed by atoms with van der Waals surface area (Å²) in [6.07, 6.45) is 1.20. The first-order valence-electron chi connectivity index (χ1n) is 7.52. The zero-order chi connectivity index (χ0) is 16.2. The number of thiazole rings is 1. The van der Waals surface area contributed by atoms with Crippen LogP contribution >= 0.6 is 22.7 Å². The number of amides is 1. The van der Waals surface area contributed by atoms with Gasteiger partial charge < -0.3 is 5.32 Å². The minimum Gasteiger partial charge on any atom is -0.325 e. The van der Waals surface area contributed by atoms with E-state index in [1.54, 1.807) is 22.7 Å². The molecular weight excluding hydrogens is 324 g/mol. The van der Waals surface area contributed by atoms with E-state index in [4.69, 9.17) is 0 Å². The number of hydrogen-bond donors (Lipinski definition) is 1. The number of nitrogens with zero attached hydrogens (tertiary/aromatic N) is 1. The van der Waals surface area contributed by atoms with Gasteiger partial charge in [-0.1, -0.05) is 25.1 Å². The van der Waals surface area contributed by atoms with Crippen molar-refractivity contribution in [3.05, 3.63) is 57.2 Å². The lowest BCUT2D eigenvalue weighted by molar-refractivity contribution is -0.115. The third-order valence-corrected chi connectivity index (χ3v) is 5.29. The Morgan fingerprint density at radius 1 is 1.26 bits per heavy atom. The van der Waals surface area contributed by atoms with Crippen LogP contribution in [0.25, 0.3) is 10.6 Å². The van der Waals surface area contributed by atoms with Crippen LogP contribution in [0.2, 0.25) is 0 Å². The molecule has 1 N–H and O–H groups in total. The number of para-hydroxylation sites is 1. The van der Waals surface area contributed by atoms with Crippen LogP contribution in [0.15, 0.2) is 40.4 Å². The summed E-state index contributed by atoms with van der Waals surface area (Å²) >= 11 is 3.23. The summed E-state index contributed by atoms with van der Waals surface area (Å²) in [4.78, 5) is 16.9. The fourth-order valence-corrected chi connectivity index (χ4v) is 3.99. The molecule has 1 aromatic carbocycles. The number of carbonyl (C=O) groups is 1. The highest BCUT2D eigenvalue weighted by Crippen LogP contribution is 2.26. The molecule has 0 atom stereocenters. The molecule has 3 aromatic rings. The second-order valence-corrected chi connectivity index (χ2v) is 6.98. The van der Waals surface area contributed by atoms with E-state index in [9.17, 15) is 4.79 Å². The minimum absolute atomic E-state index is 0.0174. The van der Waals surface area contributed by atoms with Crippen molar-refractivity contribution < 1.29 is 4.79 Å². The van der Waals surface area contributed by atoms with Gasteiger partial charge in [0.05, 0.1) is 12.1 Å². The topological polar surface area (TPSA) is 42.0 Å². The van der Waals surface area contributed by atoms with E-state index >= 15 is 0 Å². The van der Waals surface area contributed by atoms with Gasteiger partial charge in [0, 0.05) is 22.0 Å². The standard InChI is InChI=1S/C18H18N2OS2/c1-3-13-6-4-5-12(2)17(13)20-16(21)9-15-11-23-18(19-15)14-7-8-22-10-14/h4-8,10-11H,3,9H2,1-2H3,(H,20,21). The third-order valence-electron chi connectivity index (χ3n) is 3.67. The van der Waals surface area contributed by atoms with Crippen LogP contribution in [0.5, 0.6) is 0 Å². The lowest BCUT2D eigenvalue weighted by Gasteiger charge is -2.12. The first-order chi connectivity index (χ1) is 11.2. The largest absolute Gasteiger partial charge is 0.325 e. The molecule has 5 heteroatoms. The molecule has 0 radical (unpaired) electrons. The molecule has 3 rings (SSSR count). The number of nitrogens with one attached hydrogen (secondary N) is 1. The molecule has 3 nitrogen and oxygen atoms in total. The highest BCUT2D eigenvalue weighted by Gasteiger charge is 2.12. The lowest BCUT2D eigenvalue weighted by atomic mass is 10.1. The number of thiophene rings is 1. The van der Waals surface area contributed by atoms with Gasteiger partial charge in [-0.2, -0.15) is 11.3 Å². The second kappa shape index (κ2) is 7.06. The Morgan fingerprint density at radius 2 is 2.13 bits per heavy atom. The smallest absolute Gasteiger partial charge is 0.230 e. The molecule has 0 saturated heterocycles. The third kappa shape index (κ3) is 3.68. The van der Waals surface area contributed by atoms with E-state index < -0.39 is 0 Å². The van der Waals surface area contributed by atoms with E-state index in [1.165, 1.54) is 0 Å². The van der Waals surface area contributed by atoms with Crippen molar-refractivity contribution in [1.29, 1.82) is 0 Å². The molecule has 2 aromatic heterocycles. The van der Waals surface area contributed by atoms with Gasteiger partial charge in [0.15, 0.2) is 0 Å². The second-order valence-electron chi connectivity index (χ2n) is 5.34. The van der Waals surface area contributed by atoms with Crippen molar-refractivity contribution in [1.82, 2.24) is 4.98 Å². The first-order valence-corrected chi connectivity index (χ1v) is 9.35. The Labute approximate surface area is 144 Å². The van der Waals surface area contributed by atoms with Crippen molar-refractivity contribution in [2.45, 2.75) is 26.7 Å². The van der Waals surface area contributed by atoms with Crippen molar-refractivity contribution >= 4 is 34.3 Å². The number of anilines is 1. The van der Waals surface area contributed by atoms with Crippen molar-refractivity contribution in [3.63, 3.8) is 0 Å². The van der Waals surface area contributed by atoms with Gasteiger partial charge >= 0.3 is 0 Å². The van der Waals surface area contributed by atoms with Crippen LogP contribution in [0, 0.1) is 6.92 Å². The first kappa shape index (κ1) is 15.9. The van der Waals surface area contributed by atoms with Gasteiger partial charge in [-0.3, -0.25) is 4.79 Å². The molecule has 0 bridgehead atoms. The van der Waals surface area contributed by atoms with Crippen LogP contribution in [0.1, 0.15) is 23.7 Å². The Balaban J connectivity index is 1.71. The highest BCUT2D eigenvalue weighted by atomic mass is 32.1. The van der Waals surface area contributed by atoms with Crippen LogP contribution in [0.3, 0.4) is 0 Å². The van der Waals surface area contributed by atoms with Crippen LogP contribution in [-0.4, -0.2) is 10.9 Å². The fraction of sp³-hybridized carbons (Fsp3) is 0.222. The molecule has 2 heterocycles. The maximum Gasteiger partial charge on any atom is 0.230 e. The maximum atomic E-state index is 12.4. The summed E-state index contributed by atoms with van der Waals surface area (Å²) in [6, 6.07) is 8.15. The summed E-state index contributed by atoms with van der Waals surface area (Å²) in [5.41, 5.74) is 5.14. The van der Waals surface area contributed by atoms with Crippen LogP contribution in [-0.2, 0) is 17.6 Å². The summed E-state index contributed by atoms with van der Waals surface area (Å²) in [5, 5.41) is 10.1. The van der Waals surface area contributed by atoms with Gasteiger partial charge in [0.1, 0.15) is 5.01 Å². The predicted octanol–water partition coefficient (Wildman–Crippen LogP) is 4.92. The summed E-state index contributed by atoms with van der Waals surface area (Å²) in [7, 11) is 0. The van der Waals surface area contributed by atoms with Crippen molar-refractivity contribution in [2.24, 2.45) is 0 Å². The van der Waals surface area contributed by atoms with Gasteiger partial charge in [-0.05, 0) is 35.9 Å². The summed E-state index contributed by atoms with van der Waals surface area (Å²) < 4.78 is 0. The number of carbonyl (C=O) groups excluding carboxylic acids is 1. The molecule has 0 fully saturated rings. The van der Waals surface area contributed by atoms with Crippen molar-refractivity contribution in [3.8, 4) is 10.6 Å². The van der Waals surface area contributed by atoms with E-state index in [0.717, 1.165) is 39.5 Å². The number of benzene rings is 1. The van der Waals surface area contributed by atoms with E-state index in [2.05, 4.69) is 28.7 Å². The Morgan fingerprint density at radius 3 is 2.87 bits per heavy atom. The Kier molecular flexibility index (Phi) is 4.88. The number of aryl methyl sites for hydroxylation is 2. The van der Waals surface area contributed by atoms with E-state index in [0.29, 0.717) is 6.42 Å².